The van der Waals surface area contributed by atoms with Gasteiger partial charge < -0.3 is 9.47 Å². The SMILES string of the molecule is CC(C)OC(=O)C[N]CC(=O)OC(C)C. The minimum Gasteiger partial charge on any atom is -0.462 e. The van der Waals surface area contributed by atoms with Gasteiger partial charge in [-0.25, -0.2) is 5.32 Å². The van der Waals surface area contributed by atoms with Crippen LogP contribution in [-0.4, -0.2) is 37.2 Å². The molecule has 0 aliphatic heterocycles. The zero-order valence-corrected chi connectivity index (χ0v) is 9.65. The van der Waals surface area contributed by atoms with Crippen LogP contribution >= 0.6 is 0 Å². The van der Waals surface area contributed by atoms with Crippen LogP contribution in [0.3, 0.4) is 0 Å². The maximum Gasteiger partial charge on any atom is 0.321 e. The van der Waals surface area contributed by atoms with Gasteiger partial charge in [-0.2, -0.15) is 0 Å². The van der Waals surface area contributed by atoms with E-state index in [1.807, 2.05) is 0 Å². The second-order valence-electron chi connectivity index (χ2n) is 3.62. The zero-order chi connectivity index (χ0) is 11.8. The molecule has 0 fully saturated rings. The van der Waals surface area contributed by atoms with Gasteiger partial charge in [0.05, 0.1) is 12.2 Å². The van der Waals surface area contributed by atoms with E-state index in [-0.39, 0.29) is 25.3 Å². The highest BCUT2D eigenvalue weighted by atomic mass is 16.5. The average molecular weight is 216 g/mol. The molecule has 0 atom stereocenters. The lowest BCUT2D eigenvalue weighted by molar-refractivity contribution is -0.147. The Morgan fingerprint density at radius 3 is 1.53 bits per heavy atom. The van der Waals surface area contributed by atoms with Gasteiger partial charge in [-0.15, -0.1) is 0 Å². The van der Waals surface area contributed by atoms with Crippen LogP contribution in [0.2, 0.25) is 0 Å². The van der Waals surface area contributed by atoms with Crippen LogP contribution in [0, 0.1) is 0 Å². The van der Waals surface area contributed by atoms with Crippen molar-refractivity contribution in [2.75, 3.05) is 13.1 Å². The van der Waals surface area contributed by atoms with E-state index < -0.39 is 11.9 Å². The van der Waals surface area contributed by atoms with Crippen molar-refractivity contribution in [2.45, 2.75) is 39.9 Å². The van der Waals surface area contributed by atoms with Gasteiger partial charge in [0.2, 0.25) is 0 Å². The molecule has 0 unspecified atom stereocenters. The summed E-state index contributed by atoms with van der Waals surface area (Å²) in [6.07, 6.45) is -0.314. The number of nitrogens with zero attached hydrogens (tertiary/aromatic N) is 1. The predicted octanol–water partition coefficient (Wildman–Crippen LogP) is 0.494. The largest absolute Gasteiger partial charge is 0.462 e. The summed E-state index contributed by atoms with van der Waals surface area (Å²) in [6, 6.07) is 0. The molecule has 5 nitrogen and oxygen atoms in total. The summed E-state index contributed by atoms with van der Waals surface area (Å²) >= 11 is 0. The van der Waals surface area contributed by atoms with Gasteiger partial charge >= 0.3 is 11.9 Å². The van der Waals surface area contributed by atoms with E-state index in [4.69, 9.17) is 9.47 Å². The monoisotopic (exact) mass is 216 g/mol. The summed E-state index contributed by atoms with van der Waals surface area (Å²) < 4.78 is 9.66. The lowest BCUT2D eigenvalue weighted by atomic mass is 10.4. The van der Waals surface area contributed by atoms with Crippen LogP contribution in [0.25, 0.3) is 0 Å². The highest BCUT2D eigenvalue weighted by Gasteiger charge is 2.09. The summed E-state index contributed by atoms with van der Waals surface area (Å²) in [7, 11) is 0. The molecule has 1 radical (unpaired) electrons. The first-order valence-electron chi connectivity index (χ1n) is 4.94. The van der Waals surface area contributed by atoms with Crippen molar-refractivity contribution in [1.29, 1.82) is 0 Å². The molecular weight excluding hydrogens is 198 g/mol. The second-order valence-corrected chi connectivity index (χ2v) is 3.62. The van der Waals surface area contributed by atoms with Crippen LogP contribution in [0.15, 0.2) is 0 Å². The van der Waals surface area contributed by atoms with Crippen molar-refractivity contribution in [3.05, 3.63) is 0 Å². The summed E-state index contributed by atoms with van der Waals surface area (Å²) in [5.41, 5.74) is 0. The van der Waals surface area contributed by atoms with Gasteiger partial charge in [-0.05, 0) is 27.7 Å². The summed E-state index contributed by atoms with van der Waals surface area (Å²) in [4.78, 5) is 22.0. The van der Waals surface area contributed by atoms with E-state index in [2.05, 4.69) is 5.32 Å². The highest BCUT2D eigenvalue weighted by Crippen LogP contribution is 1.90. The lowest BCUT2D eigenvalue weighted by Gasteiger charge is -2.09. The lowest BCUT2D eigenvalue weighted by Crippen LogP contribution is -2.27. The van der Waals surface area contributed by atoms with Crippen LogP contribution in [0.4, 0.5) is 0 Å². The Morgan fingerprint density at radius 1 is 0.933 bits per heavy atom. The molecule has 5 heteroatoms. The van der Waals surface area contributed by atoms with Crippen LogP contribution in [-0.2, 0) is 19.1 Å². The van der Waals surface area contributed by atoms with Crippen molar-refractivity contribution in [2.24, 2.45) is 0 Å². The molecule has 0 aromatic carbocycles. The highest BCUT2D eigenvalue weighted by molar-refractivity contribution is 5.75. The molecule has 0 bridgehead atoms. The number of rotatable bonds is 6. The fourth-order valence-electron chi connectivity index (χ4n) is 0.839. The molecule has 0 aromatic heterocycles. The minimum atomic E-state index is -0.428. The summed E-state index contributed by atoms with van der Waals surface area (Å²) in [5, 5.41) is 3.73. The zero-order valence-electron chi connectivity index (χ0n) is 9.65. The molecule has 0 aliphatic rings. The molecular formula is C10H18NO4. The van der Waals surface area contributed by atoms with Crippen LogP contribution < -0.4 is 5.32 Å². The van der Waals surface area contributed by atoms with Gasteiger partial charge in [-0.1, -0.05) is 0 Å². The maximum atomic E-state index is 11.0. The van der Waals surface area contributed by atoms with Gasteiger partial charge in [0.25, 0.3) is 0 Å². The molecule has 0 aromatic rings. The third-order valence-electron chi connectivity index (χ3n) is 1.22. The number of hydrogen-bond donors (Lipinski definition) is 0. The van der Waals surface area contributed by atoms with Crippen LogP contribution in [0.1, 0.15) is 27.7 Å². The standard InChI is InChI=1S/C10H18NO4/c1-7(2)14-9(12)5-11-6-10(13)15-8(3)4/h7-8H,5-6H2,1-4H3. The number of carbonyl (C=O) groups is 2. The Bertz CT molecular complexity index is 191. The molecule has 87 valence electrons. The molecule has 0 spiro atoms. The topological polar surface area (TPSA) is 66.7 Å². The first kappa shape index (κ1) is 13.9. The first-order valence-corrected chi connectivity index (χ1v) is 4.94. The molecule has 0 aliphatic carbocycles. The molecule has 0 saturated carbocycles. The number of hydrogen-bond acceptors (Lipinski definition) is 4. The van der Waals surface area contributed by atoms with E-state index >= 15 is 0 Å². The molecule has 0 saturated heterocycles. The molecule has 0 rings (SSSR count). The van der Waals surface area contributed by atoms with E-state index in [0.717, 1.165) is 0 Å². The van der Waals surface area contributed by atoms with Crippen molar-refractivity contribution in [3.8, 4) is 0 Å². The maximum absolute atomic E-state index is 11.0. The first-order chi connectivity index (χ1) is 6.91. The second kappa shape index (κ2) is 7.23. The smallest absolute Gasteiger partial charge is 0.321 e. The van der Waals surface area contributed by atoms with Crippen molar-refractivity contribution < 1.29 is 19.1 Å². The molecule has 15 heavy (non-hydrogen) atoms. The predicted molar refractivity (Wildman–Crippen MR) is 54.3 cm³/mol. The number of carbonyl (C=O) groups excluding carboxylic acids is 2. The van der Waals surface area contributed by atoms with E-state index in [1.54, 1.807) is 27.7 Å². The summed E-state index contributed by atoms with van der Waals surface area (Å²) in [5.74, 6) is -0.857. The fourth-order valence-corrected chi connectivity index (χ4v) is 0.839. The summed E-state index contributed by atoms with van der Waals surface area (Å²) in [6.45, 7) is 6.81. The molecule has 0 N–H and O–H groups in total. The van der Waals surface area contributed by atoms with Gasteiger partial charge in [-0.3, -0.25) is 9.59 Å². The normalized spacial score (nSPS) is 10.5. The fraction of sp³-hybridized carbons (Fsp3) is 0.800. The Balaban J connectivity index is 3.53. The van der Waals surface area contributed by atoms with Gasteiger partial charge in [0.15, 0.2) is 0 Å². The Morgan fingerprint density at radius 2 is 1.27 bits per heavy atom. The average Bonchev–Trinajstić information content (AvgIpc) is 2.00. The van der Waals surface area contributed by atoms with Crippen molar-refractivity contribution >= 4 is 11.9 Å². The van der Waals surface area contributed by atoms with Crippen molar-refractivity contribution in [3.63, 3.8) is 0 Å². The quantitative estimate of drug-likeness (QED) is 0.606. The Labute approximate surface area is 90.1 Å². The Kier molecular flexibility index (Phi) is 6.70. The number of ether oxygens (including phenoxy) is 2. The van der Waals surface area contributed by atoms with Crippen molar-refractivity contribution in [1.82, 2.24) is 5.32 Å². The Hall–Kier alpha value is -1.10. The van der Waals surface area contributed by atoms with E-state index in [1.165, 1.54) is 0 Å². The third kappa shape index (κ3) is 9.21. The third-order valence-corrected chi connectivity index (χ3v) is 1.22. The number of esters is 2. The molecule has 0 amide bonds. The molecule has 0 heterocycles. The van der Waals surface area contributed by atoms with E-state index in [9.17, 15) is 9.59 Å². The minimum absolute atomic E-state index is 0.106. The van der Waals surface area contributed by atoms with Crippen LogP contribution in [0.5, 0.6) is 0 Å². The van der Waals surface area contributed by atoms with Gasteiger partial charge in [0, 0.05) is 0 Å². The van der Waals surface area contributed by atoms with E-state index in [0.29, 0.717) is 0 Å². The van der Waals surface area contributed by atoms with Gasteiger partial charge in [0.1, 0.15) is 13.1 Å².